The van der Waals surface area contributed by atoms with E-state index in [1.54, 1.807) is 0 Å². The third-order valence-corrected chi connectivity index (χ3v) is 4.51. The Morgan fingerprint density at radius 1 is 1.30 bits per heavy atom. The van der Waals surface area contributed by atoms with Crippen molar-refractivity contribution < 1.29 is 28.3 Å². The largest absolute Gasteiger partial charge is 0.494 e. The number of ether oxygens (including phenoxy) is 1. The maximum absolute atomic E-state index is 12.2. The van der Waals surface area contributed by atoms with E-state index in [4.69, 9.17) is 9.94 Å². The molecule has 130 valence electrons. The van der Waals surface area contributed by atoms with E-state index < -0.39 is 28.1 Å². The van der Waals surface area contributed by atoms with Crippen LogP contribution in [-0.2, 0) is 14.8 Å². The van der Waals surface area contributed by atoms with Crippen molar-refractivity contribution in [1.82, 2.24) is 10.2 Å². The Balaban J connectivity index is 2.84. The lowest BCUT2D eigenvalue weighted by Gasteiger charge is -2.19. The fourth-order valence-corrected chi connectivity index (χ4v) is 2.99. The molecule has 0 heterocycles. The van der Waals surface area contributed by atoms with Crippen molar-refractivity contribution in [3.05, 3.63) is 24.3 Å². The van der Waals surface area contributed by atoms with Gasteiger partial charge in [0.2, 0.25) is 10.0 Å². The minimum absolute atomic E-state index is 0.0864. The van der Waals surface area contributed by atoms with Crippen molar-refractivity contribution in [2.24, 2.45) is 0 Å². The molecule has 8 nitrogen and oxygen atoms in total. The molecule has 0 aliphatic rings. The van der Waals surface area contributed by atoms with Gasteiger partial charge in [-0.1, -0.05) is 13.3 Å². The highest BCUT2D eigenvalue weighted by Crippen LogP contribution is 2.17. The molecule has 0 fully saturated rings. The Kier molecular flexibility index (Phi) is 7.43. The highest BCUT2D eigenvalue weighted by Gasteiger charge is 2.29. The number of sulfonamides is 1. The van der Waals surface area contributed by atoms with E-state index in [0.717, 1.165) is 12.8 Å². The Bertz CT molecular complexity index is 600. The van der Waals surface area contributed by atoms with Crippen molar-refractivity contribution in [3.8, 4) is 5.75 Å². The Morgan fingerprint density at radius 2 is 1.91 bits per heavy atom. The highest BCUT2D eigenvalue weighted by atomic mass is 32.2. The van der Waals surface area contributed by atoms with Gasteiger partial charge >= 0.3 is 0 Å². The average Bonchev–Trinajstić information content (AvgIpc) is 2.52. The summed E-state index contributed by atoms with van der Waals surface area (Å²) < 4.78 is 31.9. The van der Waals surface area contributed by atoms with Gasteiger partial charge in [0.15, 0.2) is 0 Å². The maximum atomic E-state index is 12.2. The SMILES string of the molecule is CCCCOc1ccc(S(=O)(=O)N[C@@H](C(=O)NO)[C@H](C)O)cc1. The first-order valence-corrected chi connectivity index (χ1v) is 8.67. The molecule has 0 spiro atoms. The molecule has 1 amide bonds. The lowest BCUT2D eigenvalue weighted by molar-refractivity contribution is -0.133. The molecule has 0 bridgehead atoms. The number of carbonyl (C=O) groups is 1. The van der Waals surface area contributed by atoms with Crippen LogP contribution < -0.4 is 14.9 Å². The van der Waals surface area contributed by atoms with E-state index in [2.05, 4.69) is 0 Å². The van der Waals surface area contributed by atoms with Gasteiger partial charge in [-0.25, -0.2) is 13.9 Å². The number of hydrogen-bond acceptors (Lipinski definition) is 6. The summed E-state index contributed by atoms with van der Waals surface area (Å²) >= 11 is 0. The molecule has 1 aromatic carbocycles. The molecule has 4 N–H and O–H groups in total. The predicted molar refractivity (Wildman–Crippen MR) is 82.6 cm³/mol. The van der Waals surface area contributed by atoms with Crippen LogP contribution in [0.2, 0.25) is 0 Å². The zero-order valence-corrected chi connectivity index (χ0v) is 13.8. The molecule has 0 radical (unpaired) electrons. The van der Waals surface area contributed by atoms with Gasteiger partial charge in [-0.05, 0) is 37.6 Å². The number of aliphatic hydroxyl groups excluding tert-OH is 1. The van der Waals surface area contributed by atoms with Gasteiger partial charge < -0.3 is 9.84 Å². The number of hydroxylamine groups is 1. The van der Waals surface area contributed by atoms with Crippen LogP contribution in [0.1, 0.15) is 26.7 Å². The lowest BCUT2D eigenvalue weighted by Crippen LogP contribution is -2.51. The lowest BCUT2D eigenvalue weighted by atomic mass is 10.2. The fourth-order valence-electron chi connectivity index (χ4n) is 1.73. The van der Waals surface area contributed by atoms with E-state index in [0.29, 0.717) is 12.4 Å². The summed E-state index contributed by atoms with van der Waals surface area (Å²) in [5.41, 5.74) is 1.31. The zero-order chi connectivity index (χ0) is 17.5. The second kappa shape index (κ2) is 8.82. The molecule has 0 aromatic heterocycles. The summed E-state index contributed by atoms with van der Waals surface area (Å²) in [6.07, 6.45) is 0.561. The summed E-state index contributed by atoms with van der Waals surface area (Å²) in [4.78, 5) is 11.3. The normalized spacial score (nSPS) is 14.1. The monoisotopic (exact) mass is 346 g/mol. The van der Waals surface area contributed by atoms with Crippen molar-refractivity contribution in [2.45, 2.75) is 43.7 Å². The van der Waals surface area contributed by atoms with Crippen LogP contribution in [0.15, 0.2) is 29.2 Å². The van der Waals surface area contributed by atoms with Crippen LogP contribution in [-0.4, -0.2) is 43.4 Å². The first-order chi connectivity index (χ1) is 10.8. The molecular formula is C14H22N2O6S. The van der Waals surface area contributed by atoms with Crippen LogP contribution >= 0.6 is 0 Å². The van der Waals surface area contributed by atoms with Crippen molar-refractivity contribution in [2.75, 3.05) is 6.61 Å². The molecule has 0 unspecified atom stereocenters. The smallest absolute Gasteiger partial charge is 0.264 e. The summed E-state index contributed by atoms with van der Waals surface area (Å²) in [5.74, 6) is -0.513. The number of amides is 1. The summed E-state index contributed by atoms with van der Waals surface area (Å²) in [6, 6.07) is 4.17. The first kappa shape index (κ1) is 19.4. The van der Waals surface area contributed by atoms with E-state index >= 15 is 0 Å². The fraction of sp³-hybridized carbons (Fsp3) is 0.500. The van der Waals surface area contributed by atoms with Gasteiger partial charge in [-0.2, -0.15) is 4.72 Å². The Hall–Kier alpha value is -1.68. The summed E-state index contributed by atoms with van der Waals surface area (Å²) in [5, 5.41) is 18.1. The number of nitrogens with one attached hydrogen (secondary N) is 2. The van der Waals surface area contributed by atoms with E-state index in [1.807, 2.05) is 11.6 Å². The van der Waals surface area contributed by atoms with E-state index in [9.17, 15) is 18.3 Å². The maximum Gasteiger partial charge on any atom is 0.264 e. The van der Waals surface area contributed by atoms with Crippen LogP contribution in [0, 0.1) is 0 Å². The molecule has 1 rings (SSSR count). The highest BCUT2D eigenvalue weighted by molar-refractivity contribution is 7.89. The number of carbonyl (C=O) groups excluding carboxylic acids is 1. The van der Waals surface area contributed by atoms with Crippen molar-refractivity contribution in [1.29, 1.82) is 0 Å². The quantitative estimate of drug-likeness (QED) is 0.291. The second-order valence-corrected chi connectivity index (χ2v) is 6.70. The molecule has 0 saturated carbocycles. The molecule has 0 saturated heterocycles. The van der Waals surface area contributed by atoms with Crippen LogP contribution in [0.3, 0.4) is 0 Å². The standard InChI is InChI=1S/C14H22N2O6S/c1-3-4-9-22-11-5-7-12(8-6-11)23(20,21)16-13(10(2)17)14(18)15-19/h5-8,10,13,16-17,19H,3-4,9H2,1-2H3,(H,15,18)/t10-,13+/m0/s1. The third-order valence-electron chi connectivity index (χ3n) is 3.06. The van der Waals surface area contributed by atoms with Crippen molar-refractivity contribution in [3.63, 3.8) is 0 Å². The summed E-state index contributed by atoms with van der Waals surface area (Å²) in [7, 11) is -4.04. The molecule has 0 aliphatic carbocycles. The topological polar surface area (TPSA) is 125 Å². The number of hydrogen-bond donors (Lipinski definition) is 4. The number of rotatable bonds is 9. The molecule has 23 heavy (non-hydrogen) atoms. The predicted octanol–water partition coefficient (Wildman–Crippen LogP) is 0.399. The minimum Gasteiger partial charge on any atom is -0.494 e. The minimum atomic E-state index is -4.04. The Morgan fingerprint density at radius 3 is 2.39 bits per heavy atom. The van der Waals surface area contributed by atoms with Gasteiger partial charge in [0, 0.05) is 0 Å². The van der Waals surface area contributed by atoms with Gasteiger partial charge in [0.25, 0.3) is 5.91 Å². The van der Waals surface area contributed by atoms with E-state index in [-0.39, 0.29) is 4.90 Å². The van der Waals surface area contributed by atoms with Crippen LogP contribution in [0.4, 0.5) is 0 Å². The molecule has 0 aliphatic heterocycles. The number of aliphatic hydroxyl groups is 1. The van der Waals surface area contributed by atoms with E-state index in [1.165, 1.54) is 36.7 Å². The van der Waals surface area contributed by atoms with Gasteiger partial charge in [0.05, 0.1) is 17.6 Å². The number of unbranched alkanes of at least 4 members (excludes halogenated alkanes) is 1. The zero-order valence-electron chi connectivity index (χ0n) is 13.0. The third kappa shape index (κ3) is 5.79. The van der Waals surface area contributed by atoms with Crippen LogP contribution in [0.5, 0.6) is 5.75 Å². The molecule has 1 aromatic rings. The van der Waals surface area contributed by atoms with Crippen LogP contribution in [0.25, 0.3) is 0 Å². The summed E-state index contributed by atoms with van der Waals surface area (Å²) in [6.45, 7) is 3.81. The molecule has 2 atom stereocenters. The second-order valence-electron chi connectivity index (χ2n) is 4.99. The van der Waals surface area contributed by atoms with Gasteiger partial charge in [-0.3, -0.25) is 10.0 Å². The molecular weight excluding hydrogens is 324 g/mol. The van der Waals surface area contributed by atoms with Gasteiger partial charge in [0.1, 0.15) is 11.8 Å². The first-order valence-electron chi connectivity index (χ1n) is 7.19. The van der Waals surface area contributed by atoms with Gasteiger partial charge in [-0.15, -0.1) is 0 Å². The van der Waals surface area contributed by atoms with Crippen molar-refractivity contribution >= 4 is 15.9 Å². The molecule has 9 heteroatoms. The number of benzene rings is 1. The average molecular weight is 346 g/mol. The Labute approximate surface area is 135 Å².